The van der Waals surface area contributed by atoms with Crippen molar-refractivity contribution in [3.05, 3.63) is 0 Å². The van der Waals surface area contributed by atoms with Crippen LogP contribution in [-0.2, 0) is 55.3 Å². The molecule has 0 bridgehead atoms. The molecule has 0 aromatic carbocycles. The Labute approximate surface area is 83.4 Å². The van der Waals surface area contributed by atoms with Crippen molar-refractivity contribution >= 4 is 29.6 Å². The third-order valence-corrected chi connectivity index (χ3v) is 0. The van der Waals surface area contributed by atoms with E-state index in [0.717, 1.165) is 0 Å². The third kappa shape index (κ3) is 8.83. The van der Waals surface area contributed by atoms with E-state index >= 15 is 0 Å². The molecule has 0 aliphatic carbocycles. The van der Waals surface area contributed by atoms with Crippen molar-refractivity contribution < 1.29 is 55.3 Å². The molecule has 0 nitrogen and oxygen atoms in total. The molecular weight excluding hydrogens is 184 g/mol. The second-order valence-electron chi connectivity index (χ2n) is 0. The average Bonchev–Trinajstić information content (AvgIpc) is 0. The van der Waals surface area contributed by atoms with Gasteiger partial charge in [-0.1, -0.05) is 0 Å². The third-order valence-electron chi connectivity index (χ3n) is 0. The summed E-state index contributed by atoms with van der Waals surface area (Å²) < 4.78 is 0. The van der Waals surface area contributed by atoms with Crippen LogP contribution in [0.25, 0.3) is 0 Å². The van der Waals surface area contributed by atoms with E-state index in [1.54, 1.807) is 0 Å². The van der Waals surface area contributed by atoms with Crippen LogP contribution in [-0.4, -0.2) is 29.6 Å². The molecule has 0 atom stereocenters. The van der Waals surface area contributed by atoms with Gasteiger partial charge in [0.1, 0.15) is 0 Å². The molecule has 0 aromatic heterocycles. The first-order valence-corrected chi connectivity index (χ1v) is 0. The first kappa shape index (κ1) is 29.7. The van der Waals surface area contributed by atoms with E-state index in [9.17, 15) is 0 Å². The molecule has 0 amide bonds. The van der Waals surface area contributed by atoms with Crippen LogP contribution >= 0.6 is 0 Å². The Bertz CT molecular complexity index is 8.00. The summed E-state index contributed by atoms with van der Waals surface area (Å²) in [5.74, 6) is 0. The van der Waals surface area contributed by atoms with Gasteiger partial charge in [-0.25, -0.2) is 0 Å². The molecule has 0 rings (SSSR count). The number of rotatable bonds is 0. The minimum Gasteiger partial charge on any atom is 0 e. The summed E-state index contributed by atoms with van der Waals surface area (Å²) in [6, 6.07) is 0. The van der Waals surface area contributed by atoms with E-state index < -0.39 is 0 Å². The maximum Gasteiger partial charge on any atom is 0 e. The minimum atomic E-state index is 0. The fraction of sp³-hybridized carbons (Fsp3) is 0. The van der Waals surface area contributed by atoms with Gasteiger partial charge in [-0.05, 0) is 0 Å². The Morgan fingerprint density at radius 3 is 1.00 bits per heavy atom. The number of hydrogen-bond donors (Lipinski definition) is 0. The molecule has 0 N–H and O–H groups in total. The minimum absolute atomic E-state index is 0. The summed E-state index contributed by atoms with van der Waals surface area (Å²) in [6.07, 6.45) is 0. The standard InChI is InChI=1S/Mn.Na.Ni.Ti.H. The van der Waals surface area contributed by atoms with E-state index in [4.69, 9.17) is 0 Å². The average molecular weight is 185 g/mol. The van der Waals surface area contributed by atoms with Crippen LogP contribution < -0.4 is 0 Å². The Balaban J connectivity index is 0. The molecule has 1 radical (unpaired) electrons. The molecule has 0 fully saturated rings. The molecule has 0 aliphatic rings. The summed E-state index contributed by atoms with van der Waals surface area (Å²) in [5, 5.41) is 0. The summed E-state index contributed by atoms with van der Waals surface area (Å²) in [6.45, 7) is 0. The van der Waals surface area contributed by atoms with Crippen LogP contribution in [0, 0.1) is 0 Å². The van der Waals surface area contributed by atoms with Gasteiger partial charge in [0.25, 0.3) is 0 Å². The van der Waals surface area contributed by atoms with Gasteiger partial charge >= 0.3 is 29.6 Å². The molecule has 0 saturated heterocycles. The van der Waals surface area contributed by atoms with Crippen molar-refractivity contribution in [3.8, 4) is 0 Å². The molecule has 0 spiro atoms. The maximum atomic E-state index is 0. The Morgan fingerprint density at radius 1 is 1.00 bits per heavy atom. The zero-order valence-corrected chi connectivity index (χ0v) is 4.92. The predicted octanol–water partition coefficient (Wildman–Crippen LogP) is -0.656. The van der Waals surface area contributed by atoms with Gasteiger partial charge in [0, 0.05) is 55.3 Å². The quantitative estimate of drug-likeness (QED) is 0.440. The monoisotopic (exact) mass is 185 g/mol. The van der Waals surface area contributed by atoms with E-state index in [0.29, 0.717) is 0 Å². The molecule has 23 valence electrons. The predicted molar refractivity (Wildman–Crippen MR) is 7.15 cm³/mol. The summed E-state index contributed by atoms with van der Waals surface area (Å²) in [5.41, 5.74) is 0. The SMILES string of the molecule is [Mn].[NaH].[Ni].[Ti]. The molecule has 4 heavy (non-hydrogen) atoms. The Hall–Kier alpha value is 2.73. The zero-order valence-electron chi connectivity index (χ0n) is 1.19. The fourth-order valence-electron chi connectivity index (χ4n) is 0. The molecule has 0 heterocycles. The summed E-state index contributed by atoms with van der Waals surface area (Å²) in [7, 11) is 0. The van der Waals surface area contributed by atoms with Crippen molar-refractivity contribution in [2.24, 2.45) is 0 Å². The molecule has 0 aromatic rings. The Kier molecular flexibility index (Phi) is 128. The van der Waals surface area contributed by atoms with Crippen molar-refractivity contribution in [1.82, 2.24) is 0 Å². The molecule has 0 aliphatic heterocycles. The van der Waals surface area contributed by atoms with Gasteiger partial charge in [-0.2, -0.15) is 0 Å². The molecule has 0 unspecified atom stereocenters. The van der Waals surface area contributed by atoms with Gasteiger partial charge in [0.15, 0.2) is 0 Å². The topological polar surface area (TPSA) is 0 Å². The first-order valence-electron chi connectivity index (χ1n) is 0. The van der Waals surface area contributed by atoms with E-state index in [2.05, 4.69) is 0 Å². The summed E-state index contributed by atoms with van der Waals surface area (Å²) in [4.78, 5) is 0. The zero-order chi connectivity index (χ0) is 0. The van der Waals surface area contributed by atoms with Crippen molar-refractivity contribution in [1.29, 1.82) is 0 Å². The Morgan fingerprint density at radius 2 is 1.00 bits per heavy atom. The van der Waals surface area contributed by atoms with Crippen molar-refractivity contribution in [2.75, 3.05) is 0 Å². The van der Waals surface area contributed by atoms with Gasteiger partial charge in [-0.15, -0.1) is 0 Å². The normalized spacial score (nSPS) is 0. The van der Waals surface area contributed by atoms with Gasteiger partial charge in [-0.3, -0.25) is 0 Å². The fourth-order valence-corrected chi connectivity index (χ4v) is 0. The van der Waals surface area contributed by atoms with Gasteiger partial charge < -0.3 is 0 Å². The van der Waals surface area contributed by atoms with Crippen LogP contribution in [0.15, 0.2) is 0 Å². The van der Waals surface area contributed by atoms with E-state index in [1.165, 1.54) is 0 Å². The smallest absolute Gasteiger partial charge is 0 e. The second kappa shape index (κ2) is 17.2. The first-order chi connectivity index (χ1) is 0. The molecule has 0 saturated carbocycles. The summed E-state index contributed by atoms with van der Waals surface area (Å²) >= 11 is 0. The maximum absolute atomic E-state index is 0. The van der Waals surface area contributed by atoms with E-state index in [1.807, 2.05) is 0 Å². The van der Waals surface area contributed by atoms with Crippen LogP contribution in [0.3, 0.4) is 0 Å². The second-order valence-corrected chi connectivity index (χ2v) is 0. The van der Waals surface area contributed by atoms with Crippen LogP contribution in [0.5, 0.6) is 0 Å². The van der Waals surface area contributed by atoms with E-state index in [-0.39, 0.29) is 84.8 Å². The van der Waals surface area contributed by atoms with Gasteiger partial charge in [0.05, 0.1) is 0 Å². The van der Waals surface area contributed by atoms with Crippen LogP contribution in [0.1, 0.15) is 0 Å². The van der Waals surface area contributed by atoms with Crippen molar-refractivity contribution in [2.45, 2.75) is 0 Å². The van der Waals surface area contributed by atoms with Crippen molar-refractivity contribution in [3.63, 3.8) is 0 Å². The van der Waals surface area contributed by atoms with Gasteiger partial charge in [0.2, 0.25) is 0 Å². The number of hydrogen-bond acceptors (Lipinski definition) is 0. The molecular formula is HMnNaNiTi. The van der Waals surface area contributed by atoms with Crippen LogP contribution in [0.2, 0.25) is 0 Å². The largest absolute Gasteiger partial charge is 0 e. The van der Waals surface area contributed by atoms with Crippen LogP contribution in [0.4, 0.5) is 0 Å². The molecule has 4 heteroatoms.